The topological polar surface area (TPSA) is 59.2 Å². The van der Waals surface area contributed by atoms with E-state index in [-0.39, 0.29) is 11.9 Å². The van der Waals surface area contributed by atoms with Gasteiger partial charge in [-0.2, -0.15) is 0 Å². The molecule has 0 bridgehead atoms. The number of aromatic nitrogens is 1. The predicted molar refractivity (Wildman–Crippen MR) is 60.0 cm³/mol. The van der Waals surface area contributed by atoms with E-state index in [1.807, 2.05) is 11.8 Å². The number of rotatable bonds is 2. The average Bonchev–Trinajstić information content (AvgIpc) is 2.84. The smallest absolute Gasteiger partial charge is 0.266 e. The van der Waals surface area contributed by atoms with Gasteiger partial charge in [-0.1, -0.05) is 0 Å². The summed E-state index contributed by atoms with van der Waals surface area (Å²) in [7, 11) is 0. The molecule has 1 amide bonds. The van der Waals surface area contributed by atoms with E-state index in [9.17, 15) is 4.79 Å². The van der Waals surface area contributed by atoms with Crippen LogP contribution in [0.4, 0.5) is 0 Å². The molecule has 1 aliphatic heterocycles. The van der Waals surface area contributed by atoms with E-state index in [1.54, 1.807) is 5.51 Å². The number of amides is 1. The minimum absolute atomic E-state index is 0.1000. The van der Waals surface area contributed by atoms with Gasteiger partial charge in [-0.25, -0.2) is 4.98 Å². The van der Waals surface area contributed by atoms with Crippen molar-refractivity contribution in [2.24, 2.45) is 5.73 Å². The van der Waals surface area contributed by atoms with Crippen LogP contribution in [0.2, 0.25) is 0 Å². The van der Waals surface area contributed by atoms with Gasteiger partial charge in [0.15, 0.2) is 0 Å². The molecule has 1 aromatic rings. The predicted octanol–water partition coefficient (Wildman–Crippen LogP) is 1.01. The number of hydrogen-bond acceptors (Lipinski definition) is 4. The lowest BCUT2D eigenvalue weighted by molar-refractivity contribution is 0.0745. The molecule has 1 unspecified atom stereocenters. The lowest BCUT2D eigenvalue weighted by atomic mass is 10.2. The molecule has 2 rings (SSSR count). The Kier molecular flexibility index (Phi) is 3.02. The van der Waals surface area contributed by atoms with E-state index < -0.39 is 0 Å². The van der Waals surface area contributed by atoms with Gasteiger partial charge in [0.1, 0.15) is 4.88 Å². The zero-order valence-electron chi connectivity index (χ0n) is 8.77. The third kappa shape index (κ3) is 1.89. The highest BCUT2D eigenvalue weighted by Gasteiger charge is 2.29. The Balaban J connectivity index is 2.18. The van der Waals surface area contributed by atoms with Crippen molar-refractivity contribution in [3.05, 3.63) is 16.1 Å². The Morgan fingerprint density at radius 3 is 3.20 bits per heavy atom. The second-order valence-electron chi connectivity index (χ2n) is 3.80. The van der Waals surface area contributed by atoms with Crippen LogP contribution >= 0.6 is 11.3 Å². The van der Waals surface area contributed by atoms with Gasteiger partial charge in [0.25, 0.3) is 5.91 Å². The van der Waals surface area contributed by atoms with Gasteiger partial charge in [0.05, 0.1) is 11.2 Å². The van der Waals surface area contributed by atoms with Crippen LogP contribution in [0.1, 0.15) is 28.2 Å². The van der Waals surface area contributed by atoms with Crippen molar-refractivity contribution in [3.63, 3.8) is 0 Å². The van der Waals surface area contributed by atoms with Gasteiger partial charge < -0.3 is 10.6 Å². The molecule has 5 heteroatoms. The van der Waals surface area contributed by atoms with Gasteiger partial charge in [-0.05, 0) is 19.8 Å². The van der Waals surface area contributed by atoms with Gasteiger partial charge >= 0.3 is 0 Å². The molecule has 82 valence electrons. The molecule has 1 aromatic heterocycles. The average molecular weight is 225 g/mol. The zero-order valence-corrected chi connectivity index (χ0v) is 9.59. The van der Waals surface area contributed by atoms with Crippen molar-refractivity contribution in [1.29, 1.82) is 0 Å². The summed E-state index contributed by atoms with van der Waals surface area (Å²) in [6.45, 7) is 3.26. The molecule has 1 aliphatic rings. The summed E-state index contributed by atoms with van der Waals surface area (Å²) in [5, 5.41) is 0. The normalized spacial score (nSPS) is 20.9. The van der Waals surface area contributed by atoms with Crippen LogP contribution < -0.4 is 5.73 Å². The lowest BCUT2D eigenvalue weighted by Crippen LogP contribution is -2.39. The van der Waals surface area contributed by atoms with Crippen LogP contribution in [0.5, 0.6) is 0 Å². The first-order chi connectivity index (χ1) is 7.24. The number of aryl methyl sites for hydroxylation is 1. The van der Waals surface area contributed by atoms with Crippen molar-refractivity contribution in [2.75, 3.05) is 13.1 Å². The molecular formula is C10H15N3OS. The number of nitrogens with two attached hydrogens (primary N) is 1. The fourth-order valence-corrected chi connectivity index (χ4v) is 2.74. The number of carbonyl (C=O) groups excluding carboxylic acids is 1. The summed E-state index contributed by atoms with van der Waals surface area (Å²) in [4.78, 5) is 18.9. The Bertz CT molecular complexity index is 363. The summed E-state index contributed by atoms with van der Waals surface area (Å²) in [5.41, 5.74) is 8.19. The molecule has 0 aliphatic carbocycles. The van der Waals surface area contributed by atoms with Crippen LogP contribution in [0.15, 0.2) is 5.51 Å². The summed E-state index contributed by atoms with van der Waals surface area (Å²) >= 11 is 1.41. The van der Waals surface area contributed by atoms with E-state index in [2.05, 4.69) is 4.98 Å². The number of hydrogen-bond donors (Lipinski definition) is 1. The van der Waals surface area contributed by atoms with Crippen LogP contribution in [-0.2, 0) is 0 Å². The molecule has 15 heavy (non-hydrogen) atoms. The lowest BCUT2D eigenvalue weighted by Gasteiger charge is -2.22. The summed E-state index contributed by atoms with van der Waals surface area (Å²) in [6, 6.07) is 0.221. The van der Waals surface area contributed by atoms with Crippen molar-refractivity contribution >= 4 is 17.2 Å². The first-order valence-corrected chi connectivity index (χ1v) is 6.03. The molecule has 0 aromatic carbocycles. The number of nitrogens with zero attached hydrogens (tertiary/aromatic N) is 2. The van der Waals surface area contributed by atoms with E-state index in [0.29, 0.717) is 6.54 Å². The number of likely N-dealkylation sites (tertiary alicyclic amines) is 1. The molecular weight excluding hydrogens is 210 g/mol. The summed E-state index contributed by atoms with van der Waals surface area (Å²) in [5.74, 6) is 0.1000. The van der Waals surface area contributed by atoms with Crippen LogP contribution in [-0.4, -0.2) is 34.9 Å². The molecule has 4 nitrogen and oxygen atoms in total. The van der Waals surface area contributed by atoms with Gasteiger partial charge in [0, 0.05) is 19.1 Å². The van der Waals surface area contributed by atoms with Crippen molar-refractivity contribution < 1.29 is 4.79 Å². The first-order valence-electron chi connectivity index (χ1n) is 5.15. The van der Waals surface area contributed by atoms with Gasteiger partial charge in [-0.3, -0.25) is 4.79 Å². The Morgan fingerprint density at radius 2 is 2.60 bits per heavy atom. The maximum atomic E-state index is 12.1. The van der Waals surface area contributed by atoms with E-state index in [4.69, 9.17) is 5.73 Å². The molecule has 0 spiro atoms. The summed E-state index contributed by atoms with van der Waals surface area (Å²) < 4.78 is 0. The van der Waals surface area contributed by atoms with Crippen LogP contribution in [0.3, 0.4) is 0 Å². The van der Waals surface area contributed by atoms with Gasteiger partial charge in [0.2, 0.25) is 0 Å². The molecule has 1 saturated heterocycles. The van der Waals surface area contributed by atoms with E-state index in [0.717, 1.165) is 30.0 Å². The Labute approximate surface area is 93.1 Å². The Morgan fingerprint density at radius 1 is 1.80 bits per heavy atom. The SMILES string of the molecule is Cc1ncsc1C(=O)N1CCCC1CN. The summed E-state index contributed by atoms with van der Waals surface area (Å²) in [6.07, 6.45) is 2.09. The van der Waals surface area contributed by atoms with Crippen molar-refractivity contribution in [2.45, 2.75) is 25.8 Å². The maximum absolute atomic E-state index is 12.1. The largest absolute Gasteiger partial charge is 0.334 e. The standard InChI is InChI=1S/C10H15N3OS/c1-7-9(15-6-12-7)10(14)13-4-2-3-8(13)5-11/h6,8H,2-5,11H2,1H3. The van der Waals surface area contributed by atoms with E-state index >= 15 is 0 Å². The maximum Gasteiger partial charge on any atom is 0.266 e. The molecule has 2 N–H and O–H groups in total. The monoisotopic (exact) mass is 225 g/mol. The molecule has 1 fully saturated rings. The third-order valence-electron chi connectivity index (χ3n) is 2.85. The fraction of sp³-hybridized carbons (Fsp3) is 0.600. The van der Waals surface area contributed by atoms with E-state index in [1.165, 1.54) is 11.3 Å². The van der Waals surface area contributed by atoms with Crippen LogP contribution in [0.25, 0.3) is 0 Å². The second kappa shape index (κ2) is 4.28. The molecule has 0 radical (unpaired) electrons. The minimum Gasteiger partial charge on any atom is -0.334 e. The highest BCUT2D eigenvalue weighted by Crippen LogP contribution is 2.22. The molecule has 0 saturated carbocycles. The van der Waals surface area contributed by atoms with Crippen molar-refractivity contribution in [1.82, 2.24) is 9.88 Å². The quantitative estimate of drug-likeness (QED) is 0.817. The highest BCUT2D eigenvalue weighted by atomic mass is 32.1. The van der Waals surface area contributed by atoms with Gasteiger partial charge in [-0.15, -0.1) is 11.3 Å². The molecule has 2 heterocycles. The second-order valence-corrected chi connectivity index (χ2v) is 4.65. The minimum atomic E-state index is 0.1000. The third-order valence-corrected chi connectivity index (χ3v) is 3.77. The highest BCUT2D eigenvalue weighted by molar-refractivity contribution is 7.11. The first kappa shape index (κ1) is 10.6. The molecule has 1 atom stereocenters. The number of thiazole rings is 1. The van der Waals surface area contributed by atoms with Crippen LogP contribution in [0, 0.1) is 6.92 Å². The fourth-order valence-electron chi connectivity index (χ4n) is 1.99. The van der Waals surface area contributed by atoms with Crippen molar-refractivity contribution in [3.8, 4) is 0 Å². The Hall–Kier alpha value is -0.940. The zero-order chi connectivity index (χ0) is 10.8. The number of carbonyl (C=O) groups is 1.